The summed E-state index contributed by atoms with van der Waals surface area (Å²) in [7, 11) is 4.72. The van der Waals surface area contributed by atoms with Gasteiger partial charge in [0.1, 0.15) is 5.82 Å². The number of nitrogens with one attached hydrogen (secondary N) is 1. The molecule has 0 fully saturated rings. The monoisotopic (exact) mass is 395 g/mol. The minimum Gasteiger partial charge on any atom is -0.493 e. The standard InChI is InChI=1S/C20H21N5O4/c1-11-12(2)21-20-23-18(14-7-6-8-29-14)24-25(20)19(11)22-13-9-15(26-3)17(28-5)16(10-13)27-4/h6-10,22H,1-5H3. The molecular weight excluding hydrogens is 374 g/mol. The van der Waals surface area contributed by atoms with Crippen molar-refractivity contribution < 1.29 is 18.6 Å². The molecule has 0 spiro atoms. The van der Waals surface area contributed by atoms with Crippen molar-refractivity contribution >= 4 is 17.3 Å². The third-order valence-corrected chi connectivity index (χ3v) is 4.64. The second kappa shape index (κ2) is 7.34. The maximum absolute atomic E-state index is 5.45. The van der Waals surface area contributed by atoms with E-state index in [-0.39, 0.29) is 0 Å². The largest absolute Gasteiger partial charge is 0.493 e. The molecule has 0 aliphatic heterocycles. The van der Waals surface area contributed by atoms with Crippen molar-refractivity contribution in [2.24, 2.45) is 0 Å². The van der Waals surface area contributed by atoms with Crippen molar-refractivity contribution in [1.29, 1.82) is 0 Å². The summed E-state index contributed by atoms with van der Waals surface area (Å²) in [6, 6.07) is 7.25. The average molecular weight is 395 g/mol. The van der Waals surface area contributed by atoms with Crippen molar-refractivity contribution in [3.63, 3.8) is 0 Å². The van der Waals surface area contributed by atoms with Gasteiger partial charge in [-0.25, -0.2) is 4.98 Å². The normalized spacial score (nSPS) is 10.9. The maximum atomic E-state index is 5.45. The van der Waals surface area contributed by atoms with E-state index in [1.165, 1.54) is 0 Å². The number of hydrogen-bond acceptors (Lipinski definition) is 8. The minimum atomic E-state index is 0.459. The van der Waals surface area contributed by atoms with E-state index in [1.54, 1.807) is 44.2 Å². The Labute approximate surface area is 167 Å². The van der Waals surface area contributed by atoms with E-state index < -0.39 is 0 Å². The highest BCUT2D eigenvalue weighted by molar-refractivity contribution is 5.69. The SMILES string of the molecule is COc1cc(Nc2c(C)c(C)nc3nc(-c4ccco4)nn23)cc(OC)c1OC. The maximum Gasteiger partial charge on any atom is 0.255 e. The molecule has 0 unspecified atom stereocenters. The van der Waals surface area contributed by atoms with Gasteiger partial charge in [0, 0.05) is 29.1 Å². The van der Waals surface area contributed by atoms with Gasteiger partial charge in [0.2, 0.25) is 11.6 Å². The molecule has 0 aliphatic rings. The van der Waals surface area contributed by atoms with Crippen LogP contribution in [0.4, 0.5) is 11.5 Å². The van der Waals surface area contributed by atoms with Gasteiger partial charge in [0.05, 0.1) is 27.6 Å². The van der Waals surface area contributed by atoms with Gasteiger partial charge in [-0.3, -0.25) is 0 Å². The highest BCUT2D eigenvalue weighted by atomic mass is 16.5. The third-order valence-electron chi connectivity index (χ3n) is 4.64. The van der Waals surface area contributed by atoms with Crippen LogP contribution in [0.15, 0.2) is 34.9 Å². The van der Waals surface area contributed by atoms with Gasteiger partial charge in [-0.05, 0) is 26.0 Å². The van der Waals surface area contributed by atoms with Gasteiger partial charge in [-0.2, -0.15) is 9.50 Å². The number of hydrogen-bond donors (Lipinski definition) is 1. The van der Waals surface area contributed by atoms with Crippen LogP contribution < -0.4 is 19.5 Å². The number of aryl methyl sites for hydroxylation is 1. The highest BCUT2D eigenvalue weighted by Gasteiger charge is 2.18. The van der Waals surface area contributed by atoms with E-state index in [0.29, 0.717) is 34.6 Å². The number of furan rings is 1. The van der Waals surface area contributed by atoms with E-state index >= 15 is 0 Å². The fourth-order valence-corrected chi connectivity index (χ4v) is 3.04. The second-order valence-corrected chi connectivity index (χ2v) is 6.33. The van der Waals surface area contributed by atoms with Gasteiger partial charge >= 0.3 is 0 Å². The van der Waals surface area contributed by atoms with Gasteiger partial charge in [0.15, 0.2) is 17.3 Å². The summed E-state index contributed by atoms with van der Waals surface area (Å²) in [6.07, 6.45) is 1.58. The predicted octanol–water partition coefficient (Wildman–Crippen LogP) is 3.77. The topological polar surface area (TPSA) is 95.9 Å². The summed E-state index contributed by atoms with van der Waals surface area (Å²) in [4.78, 5) is 9.03. The lowest BCUT2D eigenvalue weighted by Crippen LogP contribution is -2.07. The molecule has 0 bridgehead atoms. The number of methoxy groups -OCH3 is 3. The lowest BCUT2D eigenvalue weighted by molar-refractivity contribution is 0.324. The second-order valence-electron chi connectivity index (χ2n) is 6.33. The van der Waals surface area contributed by atoms with Crippen LogP contribution in [-0.2, 0) is 0 Å². The smallest absolute Gasteiger partial charge is 0.255 e. The molecule has 4 rings (SSSR count). The van der Waals surface area contributed by atoms with E-state index in [1.807, 2.05) is 26.0 Å². The first-order valence-corrected chi connectivity index (χ1v) is 8.90. The molecule has 1 aromatic carbocycles. The Morgan fingerprint density at radius 1 is 1.00 bits per heavy atom. The Morgan fingerprint density at radius 2 is 1.72 bits per heavy atom. The summed E-state index contributed by atoms with van der Waals surface area (Å²) < 4.78 is 23.4. The van der Waals surface area contributed by atoms with Crippen molar-refractivity contribution in [1.82, 2.24) is 19.6 Å². The lowest BCUT2D eigenvalue weighted by Gasteiger charge is -2.16. The number of benzene rings is 1. The molecule has 150 valence electrons. The zero-order chi connectivity index (χ0) is 20.5. The Hall–Kier alpha value is -3.75. The Balaban J connectivity index is 1.85. The fraction of sp³-hybridized carbons (Fsp3) is 0.250. The molecule has 0 aliphatic carbocycles. The molecule has 4 aromatic rings. The van der Waals surface area contributed by atoms with Crippen LogP contribution in [0.5, 0.6) is 17.2 Å². The molecule has 9 nitrogen and oxygen atoms in total. The molecule has 0 saturated heterocycles. The molecule has 0 radical (unpaired) electrons. The molecule has 9 heteroatoms. The zero-order valence-electron chi connectivity index (χ0n) is 16.8. The summed E-state index contributed by atoms with van der Waals surface area (Å²) in [5, 5.41) is 7.96. The number of aromatic nitrogens is 4. The molecule has 0 atom stereocenters. The van der Waals surface area contributed by atoms with Crippen molar-refractivity contribution in [3.8, 4) is 28.8 Å². The first-order chi connectivity index (χ1) is 14.0. The summed E-state index contributed by atoms with van der Waals surface area (Å²) in [5.74, 6) is 3.84. The van der Waals surface area contributed by atoms with Crippen LogP contribution in [0.1, 0.15) is 11.3 Å². The molecule has 0 amide bonds. The Bertz CT molecular complexity index is 1140. The molecular formula is C20H21N5O4. The van der Waals surface area contributed by atoms with E-state index in [2.05, 4.69) is 20.4 Å². The Morgan fingerprint density at radius 3 is 2.31 bits per heavy atom. The van der Waals surface area contributed by atoms with Crippen LogP contribution in [0, 0.1) is 13.8 Å². The van der Waals surface area contributed by atoms with Crippen LogP contribution in [-0.4, -0.2) is 40.9 Å². The number of fused-ring (bicyclic) bond motifs is 1. The highest BCUT2D eigenvalue weighted by Crippen LogP contribution is 2.41. The first-order valence-electron chi connectivity index (χ1n) is 8.90. The van der Waals surface area contributed by atoms with Crippen molar-refractivity contribution in [2.45, 2.75) is 13.8 Å². The lowest BCUT2D eigenvalue weighted by atomic mass is 10.2. The van der Waals surface area contributed by atoms with Gasteiger partial charge in [0.25, 0.3) is 5.78 Å². The van der Waals surface area contributed by atoms with Crippen molar-refractivity contribution in [2.75, 3.05) is 26.6 Å². The van der Waals surface area contributed by atoms with E-state index in [0.717, 1.165) is 22.8 Å². The third kappa shape index (κ3) is 3.20. The Kier molecular flexibility index (Phi) is 4.71. The number of ether oxygens (including phenoxy) is 3. The molecule has 3 heterocycles. The molecule has 1 N–H and O–H groups in total. The number of rotatable bonds is 6. The van der Waals surface area contributed by atoms with Crippen LogP contribution in [0.25, 0.3) is 17.4 Å². The van der Waals surface area contributed by atoms with Crippen molar-refractivity contribution in [3.05, 3.63) is 41.8 Å². The van der Waals surface area contributed by atoms with Gasteiger partial charge < -0.3 is 23.9 Å². The fourth-order valence-electron chi connectivity index (χ4n) is 3.04. The summed E-state index contributed by atoms with van der Waals surface area (Å²) in [6.45, 7) is 3.90. The minimum absolute atomic E-state index is 0.459. The van der Waals surface area contributed by atoms with E-state index in [4.69, 9.17) is 18.6 Å². The van der Waals surface area contributed by atoms with Crippen LogP contribution in [0.3, 0.4) is 0 Å². The summed E-state index contributed by atoms with van der Waals surface area (Å²) >= 11 is 0. The van der Waals surface area contributed by atoms with Gasteiger partial charge in [-0.1, -0.05) is 0 Å². The zero-order valence-corrected chi connectivity index (χ0v) is 16.8. The molecule has 3 aromatic heterocycles. The van der Waals surface area contributed by atoms with E-state index in [9.17, 15) is 0 Å². The molecule has 29 heavy (non-hydrogen) atoms. The predicted molar refractivity (Wildman–Crippen MR) is 107 cm³/mol. The summed E-state index contributed by atoms with van der Waals surface area (Å²) in [5.41, 5.74) is 2.51. The van der Waals surface area contributed by atoms with Gasteiger partial charge in [-0.15, -0.1) is 5.10 Å². The number of nitrogens with zero attached hydrogens (tertiary/aromatic N) is 4. The first kappa shape index (κ1) is 18.6. The number of anilines is 2. The quantitative estimate of drug-likeness (QED) is 0.527. The molecule has 0 saturated carbocycles. The van der Waals surface area contributed by atoms with Crippen LogP contribution in [0.2, 0.25) is 0 Å². The average Bonchev–Trinajstić information content (AvgIpc) is 3.40. The van der Waals surface area contributed by atoms with Crippen LogP contribution >= 0.6 is 0 Å².